The number of benzene rings is 1. The summed E-state index contributed by atoms with van der Waals surface area (Å²) in [6, 6.07) is 11.8. The molecule has 1 saturated carbocycles. The van der Waals surface area contributed by atoms with Gasteiger partial charge in [-0.1, -0.05) is 11.8 Å². The van der Waals surface area contributed by atoms with Crippen molar-refractivity contribution in [3.8, 4) is 22.8 Å². The summed E-state index contributed by atoms with van der Waals surface area (Å²) >= 11 is 1.38. The Morgan fingerprint density at radius 2 is 1.93 bits per heavy atom. The summed E-state index contributed by atoms with van der Waals surface area (Å²) in [5.74, 6) is 1.81. The predicted molar refractivity (Wildman–Crippen MR) is 103 cm³/mol. The van der Waals surface area contributed by atoms with Gasteiger partial charge in [-0.3, -0.25) is 14.3 Å². The molecule has 0 aliphatic heterocycles. The Kier molecular flexibility index (Phi) is 5.06. The number of nitrogens with zero attached hydrogens (tertiary/aromatic N) is 4. The lowest BCUT2D eigenvalue weighted by atomic mass is 10.2. The van der Waals surface area contributed by atoms with E-state index in [4.69, 9.17) is 4.74 Å². The Hall–Kier alpha value is -2.87. The maximum Gasteiger partial charge on any atom is 0.230 e. The number of amides is 1. The molecule has 0 atom stereocenters. The summed E-state index contributed by atoms with van der Waals surface area (Å²) < 4.78 is 7.19. The fourth-order valence-electron chi connectivity index (χ4n) is 2.64. The van der Waals surface area contributed by atoms with Gasteiger partial charge < -0.3 is 10.1 Å². The molecule has 27 heavy (non-hydrogen) atoms. The van der Waals surface area contributed by atoms with Crippen LogP contribution >= 0.6 is 11.8 Å². The standard InChI is InChI=1S/C19H19N5O2S/c1-26-16-6-4-15(5-7-16)24-18(13-8-10-20-11-9-13)22-23-19(24)27-12-17(25)21-14-2-3-14/h4-11,14H,2-3,12H2,1H3,(H,21,25). The van der Waals surface area contributed by atoms with E-state index in [1.807, 2.05) is 41.0 Å². The molecule has 1 fully saturated rings. The van der Waals surface area contributed by atoms with Gasteiger partial charge >= 0.3 is 0 Å². The number of hydrogen-bond donors (Lipinski definition) is 1. The average Bonchev–Trinajstić information content (AvgIpc) is 3.42. The van der Waals surface area contributed by atoms with Gasteiger partial charge in [0.25, 0.3) is 0 Å². The number of carbonyl (C=O) groups is 1. The lowest BCUT2D eigenvalue weighted by molar-refractivity contribution is -0.118. The Morgan fingerprint density at radius 1 is 1.19 bits per heavy atom. The summed E-state index contributed by atoms with van der Waals surface area (Å²) in [5.41, 5.74) is 1.81. The van der Waals surface area contributed by atoms with Gasteiger partial charge in [-0.05, 0) is 49.2 Å². The van der Waals surface area contributed by atoms with Crippen molar-refractivity contribution in [2.75, 3.05) is 12.9 Å². The van der Waals surface area contributed by atoms with Crippen molar-refractivity contribution in [3.63, 3.8) is 0 Å². The van der Waals surface area contributed by atoms with E-state index in [1.165, 1.54) is 11.8 Å². The number of hydrogen-bond acceptors (Lipinski definition) is 6. The first-order chi connectivity index (χ1) is 13.2. The lowest BCUT2D eigenvalue weighted by Crippen LogP contribution is -2.27. The van der Waals surface area contributed by atoms with Crippen LogP contribution in [0.4, 0.5) is 0 Å². The van der Waals surface area contributed by atoms with E-state index in [2.05, 4.69) is 20.5 Å². The first-order valence-electron chi connectivity index (χ1n) is 8.67. The molecule has 2 aromatic heterocycles. The van der Waals surface area contributed by atoms with Crippen LogP contribution in [0.3, 0.4) is 0 Å². The first-order valence-corrected chi connectivity index (χ1v) is 9.65. The summed E-state index contributed by atoms with van der Waals surface area (Å²) in [6.07, 6.45) is 5.59. The third-order valence-electron chi connectivity index (χ3n) is 4.18. The molecule has 0 radical (unpaired) electrons. The highest BCUT2D eigenvalue weighted by molar-refractivity contribution is 7.99. The molecular weight excluding hydrogens is 362 g/mol. The highest BCUT2D eigenvalue weighted by atomic mass is 32.2. The maximum atomic E-state index is 12.1. The monoisotopic (exact) mass is 381 g/mol. The van der Waals surface area contributed by atoms with E-state index in [1.54, 1.807) is 19.5 Å². The smallest absolute Gasteiger partial charge is 0.230 e. The van der Waals surface area contributed by atoms with Crippen molar-refractivity contribution in [3.05, 3.63) is 48.8 Å². The van der Waals surface area contributed by atoms with Gasteiger partial charge in [-0.15, -0.1) is 10.2 Å². The number of pyridine rings is 1. The third kappa shape index (κ3) is 4.11. The molecule has 2 heterocycles. The average molecular weight is 381 g/mol. The van der Waals surface area contributed by atoms with Gasteiger partial charge in [0.1, 0.15) is 5.75 Å². The number of ether oxygens (including phenoxy) is 1. The van der Waals surface area contributed by atoms with Crippen molar-refractivity contribution in [2.24, 2.45) is 0 Å². The van der Waals surface area contributed by atoms with Gasteiger partial charge in [0.15, 0.2) is 11.0 Å². The third-order valence-corrected chi connectivity index (χ3v) is 5.11. The molecule has 138 valence electrons. The molecule has 0 saturated heterocycles. The van der Waals surface area contributed by atoms with Crippen LogP contribution in [0, 0.1) is 0 Å². The summed E-state index contributed by atoms with van der Waals surface area (Å²) in [6.45, 7) is 0. The number of carbonyl (C=O) groups excluding carboxylic acids is 1. The zero-order valence-electron chi connectivity index (χ0n) is 14.8. The Bertz CT molecular complexity index is 923. The van der Waals surface area contributed by atoms with E-state index in [-0.39, 0.29) is 5.91 Å². The second-order valence-electron chi connectivity index (χ2n) is 6.21. The second kappa shape index (κ2) is 7.79. The molecule has 0 bridgehead atoms. The zero-order valence-corrected chi connectivity index (χ0v) is 15.6. The summed E-state index contributed by atoms with van der Waals surface area (Å²) in [7, 11) is 1.63. The van der Waals surface area contributed by atoms with Crippen LogP contribution in [0.1, 0.15) is 12.8 Å². The minimum atomic E-state index is 0.0252. The molecule has 3 aromatic rings. The number of aromatic nitrogens is 4. The largest absolute Gasteiger partial charge is 0.497 e. The van der Waals surface area contributed by atoms with E-state index in [0.29, 0.717) is 22.8 Å². The van der Waals surface area contributed by atoms with Crippen LogP contribution in [0.25, 0.3) is 17.1 Å². The number of rotatable bonds is 7. The fraction of sp³-hybridized carbons (Fsp3) is 0.263. The fourth-order valence-corrected chi connectivity index (χ4v) is 3.41. The highest BCUT2D eigenvalue weighted by Gasteiger charge is 2.24. The quantitative estimate of drug-likeness (QED) is 0.634. The van der Waals surface area contributed by atoms with Gasteiger partial charge in [-0.2, -0.15) is 0 Å². The SMILES string of the molecule is COc1ccc(-n2c(SCC(=O)NC3CC3)nnc2-c2ccncc2)cc1. The van der Waals surface area contributed by atoms with Crippen molar-refractivity contribution >= 4 is 17.7 Å². The molecular formula is C19H19N5O2S. The number of thioether (sulfide) groups is 1. The minimum Gasteiger partial charge on any atom is -0.497 e. The molecule has 1 aliphatic rings. The molecule has 1 N–H and O–H groups in total. The van der Waals surface area contributed by atoms with Crippen LogP contribution in [0.2, 0.25) is 0 Å². The van der Waals surface area contributed by atoms with Crippen LogP contribution in [0.5, 0.6) is 5.75 Å². The Morgan fingerprint density at radius 3 is 2.59 bits per heavy atom. The minimum absolute atomic E-state index is 0.0252. The summed E-state index contributed by atoms with van der Waals surface area (Å²) in [4.78, 5) is 16.1. The molecule has 1 aliphatic carbocycles. The van der Waals surface area contributed by atoms with E-state index in [0.717, 1.165) is 29.8 Å². The van der Waals surface area contributed by atoms with Crippen LogP contribution in [-0.4, -0.2) is 44.6 Å². The second-order valence-corrected chi connectivity index (χ2v) is 7.15. The molecule has 7 nitrogen and oxygen atoms in total. The van der Waals surface area contributed by atoms with Gasteiger partial charge in [0.2, 0.25) is 5.91 Å². The van der Waals surface area contributed by atoms with Crippen LogP contribution < -0.4 is 10.1 Å². The van der Waals surface area contributed by atoms with Crippen molar-refractivity contribution in [1.82, 2.24) is 25.1 Å². The zero-order chi connectivity index (χ0) is 18.6. The van der Waals surface area contributed by atoms with Gasteiger partial charge in [-0.25, -0.2) is 0 Å². The molecule has 0 spiro atoms. The Balaban J connectivity index is 1.65. The topological polar surface area (TPSA) is 81.9 Å². The van der Waals surface area contributed by atoms with Crippen LogP contribution in [-0.2, 0) is 4.79 Å². The lowest BCUT2D eigenvalue weighted by Gasteiger charge is -2.11. The normalized spacial score (nSPS) is 13.4. The molecule has 1 aromatic carbocycles. The van der Waals surface area contributed by atoms with E-state index in [9.17, 15) is 4.79 Å². The van der Waals surface area contributed by atoms with Gasteiger partial charge in [0.05, 0.1) is 12.9 Å². The number of nitrogens with one attached hydrogen (secondary N) is 1. The highest BCUT2D eigenvalue weighted by Crippen LogP contribution is 2.29. The predicted octanol–water partition coefficient (Wildman–Crippen LogP) is 2.71. The van der Waals surface area contributed by atoms with Gasteiger partial charge in [0, 0.05) is 29.7 Å². The molecule has 4 rings (SSSR count). The van der Waals surface area contributed by atoms with E-state index < -0.39 is 0 Å². The number of methoxy groups -OCH3 is 1. The molecule has 0 unspecified atom stereocenters. The molecule has 1 amide bonds. The first kappa shape index (κ1) is 17.5. The van der Waals surface area contributed by atoms with Crippen LogP contribution in [0.15, 0.2) is 53.9 Å². The van der Waals surface area contributed by atoms with Crippen molar-refractivity contribution in [1.29, 1.82) is 0 Å². The van der Waals surface area contributed by atoms with Crippen molar-refractivity contribution in [2.45, 2.75) is 24.0 Å². The maximum absolute atomic E-state index is 12.1. The molecule has 8 heteroatoms. The van der Waals surface area contributed by atoms with Crippen molar-refractivity contribution < 1.29 is 9.53 Å². The van der Waals surface area contributed by atoms with E-state index >= 15 is 0 Å². The summed E-state index contributed by atoms with van der Waals surface area (Å²) in [5, 5.41) is 12.3. The Labute approximate surface area is 161 Å².